The van der Waals surface area contributed by atoms with Gasteiger partial charge in [0.2, 0.25) is 5.92 Å². The van der Waals surface area contributed by atoms with Gasteiger partial charge in [0.25, 0.3) is 5.91 Å². The second-order valence-electron chi connectivity index (χ2n) is 5.74. The van der Waals surface area contributed by atoms with Gasteiger partial charge in [-0.2, -0.15) is 0 Å². The van der Waals surface area contributed by atoms with E-state index in [1.807, 2.05) is 0 Å². The molecule has 1 spiro atoms. The molecule has 2 aliphatic rings. The lowest BCUT2D eigenvalue weighted by Crippen LogP contribution is -2.49. The van der Waals surface area contributed by atoms with Crippen LogP contribution in [0.4, 0.5) is 8.78 Å². The van der Waals surface area contributed by atoms with Crippen molar-refractivity contribution in [3.05, 3.63) is 39.6 Å². The van der Waals surface area contributed by atoms with Gasteiger partial charge in [-0.05, 0) is 25.0 Å². The Morgan fingerprint density at radius 3 is 2.36 bits per heavy atom. The van der Waals surface area contributed by atoms with E-state index in [0.29, 0.717) is 10.6 Å². The summed E-state index contributed by atoms with van der Waals surface area (Å²) in [5, 5.41) is 13.8. The van der Waals surface area contributed by atoms with Crippen molar-refractivity contribution in [3.8, 4) is 0 Å². The lowest BCUT2D eigenvalue weighted by molar-refractivity contribution is -0.117. The molecule has 1 aliphatic carbocycles. The van der Waals surface area contributed by atoms with Gasteiger partial charge in [-0.3, -0.25) is 4.79 Å². The summed E-state index contributed by atoms with van der Waals surface area (Å²) >= 11 is 11.9. The average molecular weight is 348 g/mol. The number of hydrogen-bond acceptors (Lipinski definition) is 2. The van der Waals surface area contributed by atoms with Gasteiger partial charge in [0.05, 0.1) is 16.1 Å². The summed E-state index contributed by atoms with van der Waals surface area (Å²) in [6.45, 7) is 0. The van der Waals surface area contributed by atoms with E-state index in [9.17, 15) is 18.7 Å². The Morgan fingerprint density at radius 2 is 1.77 bits per heavy atom. The van der Waals surface area contributed by atoms with Crippen molar-refractivity contribution >= 4 is 34.7 Å². The second-order valence-corrected chi connectivity index (χ2v) is 6.58. The summed E-state index contributed by atoms with van der Waals surface area (Å²) in [6.07, 6.45) is -0.767. The summed E-state index contributed by atoms with van der Waals surface area (Å²) < 4.78 is 26.7. The van der Waals surface area contributed by atoms with E-state index >= 15 is 0 Å². The number of amides is 1. The summed E-state index contributed by atoms with van der Waals surface area (Å²) in [4.78, 5) is 12.2. The molecule has 1 fully saturated rings. The maximum Gasteiger partial charge on any atom is 0.256 e. The number of carbonyl (C=O) groups excluding carboxylic acids is 1. The molecule has 0 atom stereocenters. The number of rotatable bonds is 1. The molecule has 7 heteroatoms. The minimum atomic E-state index is -2.75. The molecule has 22 heavy (non-hydrogen) atoms. The zero-order chi connectivity index (χ0) is 16.1. The van der Waals surface area contributed by atoms with Crippen molar-refractivity contribution in [2.75, 3.05) is 0 Å². The highest BCUT2D eigenvalue weighted by molar-refractivity contribution is 6.37. The molecule has 0 aromatic heterocycles. The molecule has 118 valence electrons. The molecule has 1 aliphatic heterocycles. The quantitative estimate of drug-likeness (QED) is 0.793. The van der Waals surface area contributed by atoms with Crippen molar-refractivity contribution in [1.29, 1.82) is 0 Å². The molecular formula is C15H13Cl2F2NO2. The van der Waals surface area contributed by atoms with Crippen LogP contribution in [0.1, 0.15) is 31.2 Å². The number of benzene rings is 1. The first-order chi connectivity index (χ1) is 10.2. The van der Waals surface area contributed by atoms with Gasteiger partial charge in [-0.1, -0.05) is 29.3 Å². The average Bonchev–Trinajstić information content (AvgIpc) is 2.67. The first-order valence-electron chi connectivity index (χ1n) is 6.84. The lowest BCUT2D eigenvalue weighted by atomic mass is 9.79. The summed E-state index contributed by atoms with van der Waals surface area (Å²) in [5.41, 5.74) is -0.737. The number of hydrogen-bond donors (Lipinski definition) is 2. The Balaban J connectivity index is 2.02. The second kappa shape index (κ2) is 5.10. The van der Waals surface area contributed by atoms with E-state index < -0.39 is 17.4 Å². The topological polar surface area (TPSA) is 49.3 Å². The summed E-state index contributed by atoms with van der Waals surface area (Å²) in [5.74, 6) is -3.47. The zero-order valence-corrected chi connectivity index (χ0v) is 12.9. The van der Waals surface area contributed by atoms with Crippen LogP contribution in [0.5, 0.6) is 0 Å². The highest BCUT2D eigenvalue weighted by atomic mass is 35.5. The Morgan fingerprint density at radius 1 is 1.14 bits per heavy atom. The summed E-state index contributed by atoms with van der Waals surface area (Å²) in [7, 11) is 0. The highest BCUT2D eigenvalue weighted by Gasteiger charge is 2.51. The Hall–Kier alpha value is -1.33. The summed E-state index contributed by atoms with van der Waals surface area (Å²) in [6, 6.07) is 4.55. The number of aliphatic hydroxyl groups excluding tert-OH is 1. The van der Waals surface area contributed by atoms with E-state index in [1.165, 1.54) is 12.1 Å². The number of nitrogens with one attached hydrogen (secondary N) is 1. The third-order valence-corrected chi connectivity index (χ3v) is 4.85. The van der Waals surface area contributed by atoms with Gasteiger partial charge in [-0.25, -0.2) is 8.78 Å². The maximum atomic E-state index is 13.3. The molecule has 1 aromatic rings. The molecule has 3 rings (SSSR count). The van der Waals surface area contributed by atoms with Crippen LogP contribution in [-0.2, 0) is 4.79 Å². The fourth-order valence-corrected chi connectivity index (χ4v) is 3.54. The number of alkyl halides is 2. The molecule has 0 bridgehead atoms. The van der Waals surface area contributed by atoms with Gasteiger partial charge < -0.3 is 10.4 Å². The van der Waals surface area contributed by atoms with Gasteiger partial charge in [0.15, 0.2) is 0 Å². The largest absolute Gasteiger partial charge is 0.509 e. The van der Waals surface area contributed by atoms with E-state index in [0.717, 1.165) is 0 Å². The third kappa shape index (κ3) is 2.46. The van der Waals surface area contributed by atoms with E-state index in [4.69, 9.17) is 23.2 Å². The molecule has 2 N–H and O–H groups in total. The van der Waals surface area contributed by atoms with Crippen LogP contribution >= 0.6 is 23.2 Å². The van der Waals surface area contributed by atoms with Crippen molar-refractivity contribution in [2.24, 2.45) is 0 Å². The fourth-order valence-electron chi connectivity index (χ4n) is 3.03. The minimum absolute atomic E-state index is 0.00766. The van der Waals surface area contributed by atoms with Gasteiger partial charge in [0.1, 0.15) is 5.76 Å². The molecule has 0 radical (unpaired) electrons. The number of halogens is 4. The smallest absolute Gasteiger partial charge is 0.256 e. The van der Waals surface area contributed by atoms with E-state index in [2.05, 4.69) is 5.32 Å². The number of aliphatic hydroxyl groups is 1. The molecular weight excluding hydrogens is 335 g/mol. The molecule has 3 nitrogen and oxygen atoms in total. The maximum absolute atomic E-state index is 13.3. The van der Waals surface area contributed by atoms with Crippen LogP contribution in [0.25, 0.3) is 5.57 Å². The standard InChI is InChI=1S/C15H13Cl2F2NO2/c16-8-1-2-9(10(17)7-8)11-12(21)14(20-13(11)22)3-5-15(18,19)6-4-14/h1-2,7,21H,3-6H2,(H,20,22). The van der Waals surface area contributed by atoms with Crippen molar-refractivity contribution in [3.63, 3.8) is 0 Å². The van der Waals surface area contributed by atoms with Gasteiger partial charge in [0, 0.05) is 23.4 Å². The molecule has 1 heterocycles. The molecule has 1 amide bonds. The number of carbonyl (C=O) groups is 1. The van der Waals surface area contributed by atoms with Crippen LogP contribution < -0.4 is 5.32 Å². The Labute approximate surface area is 135 Å². The lowest BCUT2D eigenvalue weighted by Gasteiger charge is -2.36. The van der Waals surface area contributed by atoms with Crippen LogP contribution in [0, 0.1) is 0 Å². The SMILES string of the molecule is O=C1NC2(CCC(F)(F)CC2)C(O)=C1c1ccc(Cl)cc1Cl. The van der Waals surface area contributed by atoms with Gasteiger partial charge in [-0.15, -0.1) is 0 Å². The minimum Gasteiger partial charge on any atom is -0.509 e. The normalized spacial score (nSPS) is 23.0. The first kappa shape index (κ1) is 15.6. The molecule has 1 saturated carbocycles. The molecule has 0 unspecified atom stereocenters. The molecule has 0 saturated heterocycles. The van der Waals surface area contributed by atoms with Crippen LogP contribution in [-0.4, -0.2) is 22.5 Å². The molecule has 1 aromatic carbocycles. The van der Waals surface area contributed by atoms with Crippen LogP contribution in [0.3, 0.4) is 0 Å². The van der Waals surface area contributed by atoms with Crippen LogP contribution in [0.15, 0.2) is 24.0 Å². The Bertz CT molecular complexity index is 678. The third-order valence-electron chi connectivity index (χ3n) is 4.31. The van der Waals surface area contributed by atoms with Gasteiger partial charge >= 0.3 is 0 Å². The Kier molecular flexibility index (Phi) is 3.61. The van der Waals surface area contributed by atoms with Crippen molar-refractivity contribution < 1.29 is 18.7 Å². The predicted octanol–water partition coefficient (Wildman–Crippen LogP) is 4.34. The van der Waals surface area contributed by atoms with E-state index in [-0.39, 0.29) is 42.0 Å². The monoisotopic (exact) mass is 347 g/mol. The van der Waals surface area contributed by atoms with Crippen LogP contribution in [0.2, 0.25) is 10.0 Å². The van der Waals surface area contributed by atoms with Crippen molar-refractivity contribution in [1.82, 2.24) is 5.32 Å². The first-order valence-corrected chi connectivity index (χ1v) is 7.59. The fraction of sp³-hybridized carbons (Fsp3) is 0.400. The predicted molar refractivity (Wildman–Crippen MR) is 80.3 cm³/mol. The van der Waals surface area contributed by atoms with E-state index in [1.54, 1.807) is 6.07 Å². The zero-order valence-electron chi connectivity index (χ0n) is 11.4. The van der Waals surface area contributed by atoms with Crippen molar-refractivity contribution in [2.45, 2.75) is 37.1 Å². The highest BCUT2D eigenvalue weighted by Crippen LogP contribution is 2.46.